The van der Waals surface area contributed by atoms with E-state index >= 15 is 0 Å². The normalized spacial score (nSPS) is 13.5. The number of aldehydes is 1. The summed E-state index contributed by atoms with van der Waals surface area (Å²) in [5.74, 6) is -1.68. The van der Waals surface area contributed by atoms with Crippen molar-refractivity contribution < 1.29 is 29.5 Å². The summed E-state index contributed by atoms with van der Waals surface area (Å²) in [6.07, 6.45) is 9.69. The molecular formula is C22H38N4O7. The van der Waals surface area contributed by atoms with Gasteiger partial charge in [0.25, 0.3) is 5.69 Å². The molecule has 0 unspecified atom stereocenters. The minimum absolute atomic E-state index is 0.00407. The van der Waals surface area contributed by atoms with E-state index in [0.717, 1.165) is 12.8 Å². The molecule has 1 fully saturated rings. The molecule has 1 saturated carbocycles. The van der Waals surface area contributed by atoms with Crippen LogP contribution in [0.25, 0.3) is 0 Å². The highest BCUT2D eigenvalue weighted by molar-refractivity contribution is 5.75. The van der Waals surface area contributed by atoms with Gasteiger partial charge in [-0.2, -0.15) is 0 Å². The van der Waals surface area contributed by atoms with Crippen molar-refractivity contribution in [3.63, 3.8) is 0 Å². The first-order valence-corrected chi connectivity index (χ1v) is 10.9. The molecule has 0 spiro atoms. The van der Waals surface area contributed by atoms with Crippen LogP contribution in [-0.4, -0.2) is 52.0 Å². The van der Waals surface area contributed by atoms with Crippen molar-refractivity contribution in [1.29, 1.82) is 0 Å². The van der Waals surface area contributed by atoms with Crippen LogP contribution in [0.2, 0.25) is 0 Å². The van der Waals surface area contributed by atoms with E-state index in [1.807, 2.05) is 0 Å². The second kappa shape index (κ2) is 21.0. The van der Waals surface area contributed by atoms with E-state index in [1.54, 1.807) is 6.92 Å². The summed E-state index contributed by atoms with van der Waals surface area (Å²) in [4.78, 5) is 39.2. The lowest BCUT2D eigenvalue weighted by Gasteiger charge is -2.15. The fourth-order valence-corrected chi connectivity index (χ4v) is 2.44. The van der Waals surface area contributed by atoms with Crippen LogP contribution in [0.4, 0.5) is 5.69 Å². The van der Waals surface area contributed by atoms with Crippen LogP contribution in [-0.2, 0) is 9.59 Å². The lowest BCUT2D eigenvalue weighted by atomic mass is 9.97. The zero-order valence-electron chi connectivity index (χ0n) is 19.2. The maximum Gasteiger partial charge on any atom is 0.320 e. The van der Waals surface area contributed by atoms with Crippen molar-refractivity contribution in [2.75, 3.05) is 6.54 Å². The molecule has 11 nitrogen and oxygen atoms in total. The first-order chi connectivity index (χ1) is 15.6. The molecule has 0 radical (unpaired) electrons. The molecule has 0 amide bonds. The predicted octanol–water partition coefficient (Wildman–Crippen LogP) is 2.69. The first-order valence-electron chi connectivity index (χ1n) is 10.9. The second-order valence-electron chi connectivity index (χ2n) is 7.34. The number of nitro groups is 1. The number of nitrogens with two attached hydrogens (primary N) is 3. The Bertz CT molecular complexity index is 678. The van der Waals surface area contributed by atoms with E-state index < -0.39 is 22.9 Å². The third-order valence-corrected chi connectivity index (χ3v) is 4.48. The molecule has 0 saturated heterocycles. The van der Waals surface area contributed by atoms with E-state index in [0.29, 0.717) is 30.9 Å². The Kier molecular flexibility index (Phi) is 20.5. The van der Waals surface area contributed by atoms with Gasteiger partial charge in [-0.05, 0) is 44.4 Å². The quantitative estimate of drug-likeness (QED) is 0.162. The van der Waals surface area contributed by atoms with Gasteiger partial charge in [0.05, 0.1) is 4.92 Å². The number of carboxylic acid groups (broad SMARTS) is 2. The number of rotatable bonds is 8. The number of nitrogens with zero attached hydrogens (tertiary/aromatic N) is 1. The van der Waals surface area contributed by atoms with Gasteiger partial charge in [0, 0.05) is 30.2 Å². The number of carbonyl (C=O) groups is 3. The van der Waals surface area contributed by atoms with Gasteiger partial charge < -0.3 is 27.4 Å². The smallest absolute Gasteiger partial charge is 0.320 e. The summed E-state index contributed by atoms with van der Waals surface area (Å²) < 4.78 is 0. The zero-order chi connectivity index (χ0) is 25.6. The average molecular weight is 471 g/mol. The fourth-order valence-electron chi connectivity index (χ4n) is 2.44. The molecule has 11 heteroatoms. The molecule has 0 aromatic heterocycles. The van der Waals surface area contributed by atoms with Crippen LogP contribution < -0.4 is 17.2 Å². The summed E-state index contributed by atoms with van der Waals surface area (Å²) in [5.41, 5.74) is 16.5. The number of unbranched alkanes of at least 4 members (excludes halogenated alkanes) is 1. The maximum atomic E-state index is 10.1. The highest BCUT2D eigenvalue weighted by Gasteiger charge is 2.09. The van der Waals surface area contributed by atoms with Gasteiger partial charge in [-0.3, -0.25) is 24.5 Å². The Morgan fingerprint density at radius 3 is 1.97 bits per heavy atom. The highest BCUT2D eigenvalue weighted by atomic mass is 16.6. The Hall–Kier alpha value is -2.89. The summed E-state index contributed by atoms with van der Waals surface area (Å²) >= 11 is 0. The summed E-state index contributed by atoms with van der Waals surface area (Å²) in [6, 6.07) is 5.23. The van der Waals surface area contributed by atoms with Crippen molar-refractivity contribution in [2.45, 2.75) is 76.8 Å². The van der Waals surface area contributed by atoms with Gasteiger partial charge in [-0.25, -0.2) is 0 Å². The lowest BCUT2D eigenvalue weighted by molar-refractivity contribution is -0.384. The zero-order valence-corrected chi connectivity index (χ0v) is 19.2. The Labute approximate surface area is 194 Å². The predicted molar refractivity (Wildman–Crippen MR) is 126 cm³/mol. The van der Waals surface area contributed by atoms with Crippen molar-refractivity contribution in [3.05, 3.63) is 39.9 Å². The number of carboxylic acids is 2. The number of benzene rings is 1. The topological polar surface area (TPSA) is 213 Å². The molecule has 1 aliphatic carbocycles. The van der Waals surface area contributed by atoms with Gasteiger partial charge in [0.15, 0.2) is 0 Å². The highest BCUT2D eigenvalue weighted by Crippen LogP contribution is 2.14. The number of carbonyl (C=O) groups excluding carboxylic acids is 1. The van der Waals surface area contributed by atoms with Crippen LogP contribution in [0.15, 0.2) is 24.3 Å². The summed E-state index contributed by atoms with van der Waals surface area (Å²) in [7, 11) is 0. The maximum absolute atomic E-state index is 10.1. The summed E-state index contributed by atoms with van der Waals surface area (Å²) in [6.45, 7) is 2.20. The molecule has 1 aromatic carbocycles. The number of aliphatic carboxylic acids is 2. The molecule has 1 aliphatic rings. The minimum Gasteiger partial charge on any atom is -0.481 e. The number of nitro benzene ring substituents is 1. The molecule has 0 heterocycles. The molecule has 2 rings (SSSR count). The van der Waals surface area contributed by atoms with E-state index in [4.69, 9.17) is 27.4 Å². The second-order valence-corrected chi connectivity index (χ2v) is 7.34. The van der Waals surface area contributed by atoms with Crippen LogP contribution in [0.1, 0.15) is 75.1 Å². The molecule has 1 aromatic rings. The van der Waals surface area contributed by atoms with Crippen LogP contribution >= 0.6 is 0 Å². The molecule has 1 atom stereocenters. The standard InChI is InChI=1S/C7H5NO3.C6H14N2O2.C6H13N.C3H6O2/c9-5-6-1-3-7(4-2-6)8(10)11;7-4-2-1-3-5(8)6(9)10;7-6-4-2-1-3-5-6;1-2-3(4)5/h1-5H;5H,1-4,7-8H2,(H,9,10);6H,1-5,7H2;2H2,1H3,(H,4,5)/t;5-;;/m.0../s1. The first kappa shape index (κ1) is 32.3. The molecule has 0 bridgehead atoms. The van der Waals surface area contributed by atoms with Crippen LogP contribution in [0.3, 0.4) is 0 Å². The van der Waals surface area contributed by atoms with E-state index in [9.17, 15) is 24.5 Å². The molecule has 0 aliphatic heterocycles. The van der Waals surface area contributed by atoms with Crippen LogP contribution in [0.5, 0.6) is 0 Å². The van der Waals surface area contributed by atoms with Gasteiger partial charge >= 0.3 is 11.9 Å². The monoisotopic (exact) mass is 470 g/mol. The molecule has 188 valence electrons. The van der Waals surface area contributed by atoms with Gasteiger partial charge in [-0.15, -0.1) is 0 Å². The van der Waals surface area contributed by atoms with Crippen LogP contribution in [0, 0.1) is 10.1 Å². The third kappa shape index (κ3) is 20.8. The Morgan fingerprint density at radius 1 is 1.15 bits per heavy atom. The van der Waals surface area contributed by atoms with Crippen molar-refractivity contribution in [1.82, 2.24) is 0 Å². The molecule has 8 N–H and O–H groups in total. The van der Waals surface area contributed by atoms with E-state index in [2.05, 4.69) is 0 Å². The Balaban J connectivity index is 0. The number of hydrogen-bond acceptors (Lipinski definition) is 8. The van der Waals surface area contributed by atoms with E-state index in [1.165, 1.54) is 56.4 Å². The summed E-state index contributed by atoms with van der Waals surface area (Å²) in [5, 5.41) is 26.2. The number of non-ortho nitro benzene ring substituents is 1. The van der Waals surface area contributed by atoms with Gasteiger partial charge in [0.2, 0.25) is 0 Å². The SMILES string of the molecule is CCC(=O)O.NC1CCCCC1.NCCCC[C@H](N)C(=O)O.O=Cc1ccc([N+](=O)[O-])cc1. The van der Waals surface area contributed by atoms with E-state index in [-0.39, 0.29) is 12.1 Å². The number of hydrogen-bond donors (Lipinski definition) is 5. The molecule has 33 heavy (non-hydrogen) atoms. The molecular weight excluding hydrogens is 432 g/mol. The minimum atomic E-state index is -0.933. The van der Waals surface area contributed by atoms with Gasteiger partial charge in [0.1, 0.15) is 12.3 Å². The van der Waals surface area contributed by atoms with Gasteiger partial charge in [-0.1, -0.05) is 32.6 Å². The van der Waals surface area contributed by atoms with Crippen molar-refractivity contribution in [2.24, 2.45) is 17.2 Å². The largest absolute Gasteiger partial charge is 0.481 e. The van der Waals surface area contributed by atoms with Crippen molar-refractivity contribution in [3.8, 4) is 0 Å². The average Bonchev–Trinajstić information content (AvgIpc) is 2.80. The van der Waals surface area contributed by atoms with Crippen molar-refractivity contribution >= 4 is 23.9 Å². The third-order valence-electron chi connectivity index (χ3n) is 4.48. The Morgan fingerprint density at radius 2 is 1.67 bits per heavy atom. The fraction of sp³-hybridized carbons (Fsp3) is 0.591. The lowest BCUT2D eigenvalue weighted by Crippen LogP contribution is -2.29.